The fraction of sp³-hybridized carbons (Fsp3) is 0.200. The number of benzene rings is 2. The van der Waals surface area contributed by atoms with Crippen LogP contribution in [0.25, 0.3) is 6.08 Å². The fourth-order valence-corrected chi connectivity index (χ4v) is 2.68. The molecule has 0 bridgehead atoms. The van der Waals surface area contributed by atoms with Crippen molar-refractivity contribution in [2.45, 2.75) is 20.8 Å². The molecule has 0 spiro atoms. The number of rotatable bonds is 4. The van der Waals surface area contributed by atoms with E-state index in [2.05, 4.69) is 5.10 Å². The zero-order chi connectivity index (χ0) is 18.0. The summed E-state index contributed by atoms with van der Waals surface area (Å²) in [6.45, 7) is 6.09. The van der Waals surface area contributed by atoms with Gasteiger partial charge in [0.15, 0.2) is 11.5 Å². The average Bonchev–Trinajstić information content (AvgIpc) is 2.86. The molecule has 1 aliphatic heterocycles. The van der Waals surface area contributed by atoms with Gasteiger partial charge >= 0.3 is 0 Å². The maximum atomic E-state index is 12.8. The highest BCUT2D eigenvalue weighted by Gasteiger charge is 2.28. The molecule has 0 saturated heterocycles. The highest BCUT2D eigenvalue weighted by Crippen LogP contribution is 2.30. The zero-order valence-electron chi connectivity index (χ0n) is 14.5. The summed E-state index contributed by atoms with van der Waals surface area (Å²) in [5.41, 5.74) is 3.75. The minimum Gasteiger partial charge on any atom is -0.504 e. The lowest BCUT2D eigenvalue weighted by molar-refractivity contribution is -0.114. The Labute approximate surface area is 146 Å². The largest absolute Gasteiger partial charge is 0.504 e. The minimum absolute atomic E-state index is 0.0773. The van der Waals surface area contributed by atoms with Crippen molar-refractivity contribution in [1.82, 2.24) is 0 Å². The SMILES string of the molecule is CCOc1cc(/C=C2/C(=O)N(c3cccc(C)c3)N=C2C)ccc1O. The number of anilines is 1. The summed E-state index contributed by atoms with van der Waals surface area (Å²) >= 11 is 0. The molecule has 2 aromatic carbocycles. The van der Waals surface area contributed by atoms with Crippen molar-refractivity contribution in [3.8, 4) is 11.5 Å². The number of nitrogens with zero attached hydrogens (tertiary/aromatic N) is 2. The third-order valence-corrected chi connectivity index (χ3v) is 3.90. The van der Waals surface area contributed by atoms with E-state index in [4.69, 9.17) is 4.74 Å². The summed E-state index contributed by atoms with van der Waals surface area (Å²) in [7, 11) is 0. The molecule has 0 saturated carbocycles. The monoisotopic (exact) mass is 336 g/mol. The van der Waals surface area contributed by atoms with Crippen LogP contribution in [0.5, 0.6) is 11.5 Å². The van der Waals surface area contributed by atoms with Gasteiger partial charge in [-0.2, -0.15) is 10.1 Å². The summed E-state index contributed by atoms with van der Waals surface area (Å²) in [6, 6.07) is 12.7. The van der Waals surface area contributed by atoms with E-state index in [-0.39, 0.29) is 11.7 Å². The molecular formula is C20H20N2O3. The van der Waals surface area contributed by atoms with Crippen LogP contribution in [-0.2, 0) is 4.79 Å². The van der Waals surface area contributed by atoms with Crippen molar-refractivity contribution in [2.75, 3.05) is 11.6 Å². The first-order chi connectivity index (χ1) is 12.0. The number of carbonyl (C=O) groups is 1. The number of amides is 1. The van der Waals surface area contributed by atoms with E-state index in [1.807, 2.05) is 45.0 Å². The maximum absolute atomic E-state index is 12.8. The number of phenols is 1. The van der Waals surface area contributed by atoms with Crippen molar-refractivity contribution in [3.05, 3.63) is 59.2 Å². The number of hydrogen-bond acceptors (Lipinski definition) is 4. The lowest BCUT2D eigenvalue weighted by Crippen LogP contribution is -2.21. The minimum atomic E-state index is -0.172. The Morgan fingerprint density at radius 2 is 2.00 bits per heavy atom. The Morgan fingerprint density at radius 1 is 1.20 bits per heavy atom. The van der Waals surface area contributed by atoms with Crippen LogP contribution in [0.4, 0.5) is 5.69 Å². The topological polar surface area (TPSA) is 62.1 Å². The van der Waals surface area contributed by atoms with Gasteiger partial charge in [0.25, 0.3) is 5.91 Å². The number of ether oxygens (including phenoxy) is 1. The van der Waals surface area contributed by atoms with Crippen LogP contribution in [-0.4, -0.2) is 23.3 Å². The second-order valence-corrected chi connectivity index (χ2v) is 5.86. The first-order valence-corrected chi connectivity index (χ1v) is 8.14. The van der Waals surface area contributed by atoms with Gasteiger partial charge in [0.05, 0.1) is 23.6 Å². The van der Waals surface area contributed by atoms with Crippen LogP contribution < -0.4 is 9.75 Å². The van der Waals surface area contributed by atoms with Gasteiger partial charge in [0.1, 0.15) is 0 Å². The summed E-state index contributed by atoms with van der Waals surface area (Å²) in [5, 5.41) is 15.6. The van der Waals surface area contributed by atoms with Crippen molar-refractivity contribution < 1.29 is 14.6 Å². The molecule has 0 atom stereocenters. The first kappa shape index (κ1) is 16.8. The number of aromatic hydroxyl groups is 1. The van der Waals surface area contributed by atoms with E-state index in [0.29, 0.717) is 23.6 Å². The Hall–Kier alpha value is -3.08. The third-order valence-electron chi connectivity index (χ3n) is 3.90. The van der Waals surface area contributed by atoms with Crippen LogP contribution in [0.15, 0.2) is 53.1 Å². The second-order valence-electron chi connectivity index (χ2n) is 5.86. The quantitative estimate of drug-likeness (QED) is 0.861. The molecule has 128 valence electrons. The molecule has 1 aliphatic rings. The van der Waals surface area contributed by atoms with E-state index >= 15 is 0 Å². The molecule has 1 amide bonds. The van der Waals surface area contributed by atoms with Crippen LogP contribution in [0.3, 0.4) is 0 Å². The molecule has 0 fully saturated rings. The summed E-state index contributed by atoms with van der Waals surface area (Å²) < 4.78 is 5.39. The number of phenolic OH excluding ortho intramolecular Hbond substituents is 1. The number of hydrogen-bond donors (Lipinski definition) is 1. The molecule has 2 aromatic rings. The molecule has 25 heavy (non-hydrogen) atoms. The van der Waals surface area contributed by atoms with Crippen LogP contribution in [0, 0.1) is 6.92 Å². The van der Waals surface area contributed by atoms with Crippen LogP contribution in [0.2, 0.25) is 0 Å². The summed E-state index contributed by atoms with van der Waals surface area (Å²) in [5.74, 6) is 0.301. The average molecular weight is 336 g/mol. The van der Waals surface area contributed by atoms with Gasteiger partial charge < -0.3 is 9.84 Å². The van der Waals surface area contributed by atoms with E-state index in [9.17, 15) is 9.90 Å². The smallest absolute Gasteiger partial charge is 0.280 e. The molecule has 0 unspecified atom stereocenters. The lowest BCUT2D eigenvalue weighted by atomic mass is 10.1. The normalized spacial score (nSPS) is 15.6. The number of aryl methyl sites for hydroxylation is 1. The highest BCUT2D eigenvalue weighted by atomic mass is 16.5. The van der Waals surface area contributed by atoms with Gasteiger partial charge in [-0.1, -0.05) is 18.2 Å². The lowest BCUT2D eigenvalue weighted by Gasteiger charge is -2.12. The van der Waals surface area contributed by atoms with Crippen molar-refractivity contribution in [1.29, 1.82) is 0 Å². The Kier molecular flexibility index (Phi) is 4.57. The van der Waals surface area contributed by atoms with Crippen molar-refractivity contribution in [2.24, 2.45) is 5.10 Å². The fourth-order valence-electron chi connectivity index (χ4n) is 2.68. The second kappa shape index (κ2) is 6.81. The molecule has 1 heterocycles. The Bertz CT molecular complexity index is 884. The predicted molar refractivity (Wildman–Crippen MR) is 99.0 cm³/mol. The third kappa shape index (κ3) is 3.40. The van der Waals surface area contributed by atoms with Crippen LogP contribution >= 0.6 is 0 Å². The van der Waals surface area contributed by atoms with Crippen molar-refractivity contribution >= 4 is 23.4 Å². The van der Waals surface area contributed by atoms with Gasteiger partial charge in [-0.25, -0.2) is 0 Å². The summed E-state index contributed by atoms with van der Waals surface area (Å²) in [6.07, 6.45) is 1.76. The van der Waals surface area contributed by atoms with E-state index < -0.39 is 0 Å². The first-order valence-electron chi connectivity index (χ1n) is 8.14. The molecule has 5 nitrogen and oxygen atoms in total. The van der Waals surface area contributed by atoms with Gasteiger partial charge in [-0.3, -0.25) is 4.79 Å². The molecule has 0 aromatic heterocycles. The van der Waals surface area contributed by atoms with Crippen LogP contribution in [0.1, 0.15) is 25.0 Å². The summed E-state index contributed by atoms with van der Waals surface area (Å²) in [4.78, 5) is 12.8. The molecule has 1 N–H and O–H groups in total. The predicted octanol–water partition coefficient (Wildman–Crippen LogP) is 3.91. The molecular weight excluding hydrogens is 316 g/mol. The van der Waals surface area contributed by atoms with Gasteiger partial charge in [-0.15, -0.1) is 0 Å². The maximum Gasteiger partial charge on any atom is 0.280 e. The molecule has 0 aliphatic carbocycles. The van der Waals surface area contributed by atoms with Crippen molar-refractivity contribution in [3.63, 3.8) is 0 Å². The Morgan fingerprint density at radius 3 is 2.72 bits per heavy atom. The number of carbonyl (C=O) groups excluding carboxylic acids is 1. The van der Waals surface area contributed by atoms with E-state index in [1.165, 1.54) is 5.01 Å². The molecule has 5 heteroatoms. The van der Waals surface area contributed by atoms with Gasteiger partial charge in [0.2, 0.25) is 0 Å². The van der Waals surface area contributed by atoms with E-state index in [1.54, 1.807) is 24.3 Å². The zero-order valence-corrected chi connectivity index (χ0v) is 14.5. The molecule has 0 radical (unpaired) electrons. The van der Waals surface area contributed by atoms with Gasteiger partial charge in [0, 0.05) is 0 Å². The standard InChI is InChI=1S/C20H20N2O3/c1-4-25-19-12-15(8-9-18(19)23)11-17-14(3)21-22(20(17)24)16-7-5-6-13(2)10-16/h5-12,23H,4H2,1-3H3/b17-11+. The van der Waals surface area contributed by atoms with E-state index in [0.717, 1.165) is 16.8 Å². The highest BCUT2D eigenvalue weighted by molar-refractivity contribution is 6.32. The number of hydrazone groups is 1. The van der Waals surface area contributed by atoms with Gasteiger partial charge in [-0.05, 0) is 62.2 Å². The molecule has 3 rings (SSSR count). The Balaban J connectivity index is 1.93.